The largest absolute Gasteiger partial charge is 0.496 e. The van der Waals surface area contributed by atoms with Crippen molar-refractivity contribution in [2.24, 2.45) is 0 Å². The first kappa shape index (κ1) is 16.1. The van der Waals surface area contributed by atoms with Crippen molar-refractivity contribution in [3.8, 4) is 5.75 Å². The maximum atomic E-state index is 5.55. The fraction of sp³-hybridized carbons (Fsp3) is 0.556. The van der Waals surface area contributed by atoms with Crippen LogP contribution in [-0.2, 0) is 13.1 Å². The summed E-state index contributed by atoms with van der Waals surface area (Å²) in [5.41, 5.74) is 2.54. The normalized spacial score (nSPS) is 19.4. The summed E-state index contributed by atoms with van der Waals surface area (Å²) in [6, 6.07) is 7.29. The molecule has 1 aromatic carbocycles. The maximum Gasteiger partial charge on any atom is 0.123 e. The summed E-state index contributed by atoms with van der Waals surface area (Å²) in [5.74, 6) is 0.980. The zero-order valence-corrected chi connectivity index (χ0v) is 13.4. The van der Waals surface area contributed by atoms with Gasteiger partial charge in [-0.05, 0) is 37.9 Å². The molecule has 1 N–H and O–H groups in total. The number of rotatable bonds is 7. The van der Waals surface area contributed by atoms with Gasteiger partial charge < -0.3 is 10.1 Å². The summed E-state index contributed by atoms with van der Waals surface area (Å²) >= 11 is 0. The van der Waals surface area contributed by atoms with Gasteiger partial charge in [-0.1, -0.05) is 24.6 Å². The van der Waals surface area contributed by atoms with Gasteiger partial charge in [0, 0.05) is 31.2 Å². The summed E-state index contributed by atoms with van der Waals surface area (Å²) in [6.45, 7) is 9.93. The minimum atomic E-state index is 0.693. The van der Waals surface area contributed by atoms with E-state index in [4.69, 9.17) is 4.74 Å². The number of methoxy groups -OCH3 is 1. The van der Waals surface area contributed by atoms with Crippen molar-refractivity contribution in [3.05, 3.63) is 42.0 Å². The van der Waals surface area contributed by atoms with Crippen molar-refractivity contribution in [2.75, 3.05) is 20.2 Å². The molecule has 0 bridgehead atoms. The van der Waals surface area contributed by atoms with Crippen LogP contribution in [0, 0.1) is 0 Å². The van der Waals surface area contributed by atoms with Gasteiger partial charge in [-0.3, -0.25) is 4.90 Å². The average molecular weight is 288 g/mol. The molecular formula is C18H28N2O. The zero-order valence-electron chi connectivity index (χ0n) is 13.4. The molecule has 0 aromatic heterocycles. The van der Waals surface area contributed by atoms with Crippen LogP contribution in [0.2, 0.25) is 0 Å². The molecule has 3 heteroatoms. The molecule has 3 nitrogen and oxygen atoms in total. The highest BCUT2D eigenvalue weighted by molar-refractivity contribution is 5.37. The lowest BCUT2D eigenvalue weighted by atomic mass is 10.0. The number of hydrogen-bond donors (Lipinski definition) is 1. The molecule has 2 rings (SSSR count). The third-order valence-corrected chi connectivity index (χ3v) is 4.28. The van der Waals surface area contributed by atoms with Gasteiger partial charge in [0.2, 0.25) is 0 Å². The fourth-order valence-corrected chi connectivity index (χ4v) is 2.97. The van der Waals surface area contributed by atoms with E-state index in [0.717, 1.165) is 25.4 Å². The van der Waals surface area contributed by atoms with Crippen LogP contribution in [0.3, 0.4) is 0 Å². The van der Waals surface area contributed by atoms with Crippen LogP contribution >= 0.6 is 0 Å². The highest BCUT2D eigenvalue weighted by Gasteiger charge is 2.18. The van der Waals surface area contributed by atoms with E-state index in [0.29, 0.717) is 6.04 Å². The molecule has 1 fully saturated rings. The number of ether oxygens (including phenoxy) is 1. The van der Waals surface area contributed by atoms with E-state index >= 15 is 0 Å². The fourth-order valence-electron chi connectivity index (χ4n) is 2.97. The van der Waals surface area contributed by atoms with E-state index in [1.807, 2.05) is 6.08 Å². The number of nitrogens with zero attached hydrogens (tertiary/aromatic N) is 1. The maximum absolute atomic E-state index is 5.55. The van der Waals surface area contributed by atoms with Crippen LogP contribution in [-0.4, -0.2) is 31.1 Å². The molecule has 1 atom stereocenters. The molecule has 1 unspecified atom stereocenters. The topological polar surface area (TPSA) is 24.5 Å². The molecule has 1 aliphatic heterocycles. The molecule has 0 amide bonds. The first-order valence-electron chi connectivity index (χ1n) is 7.96. The van der Waals surface area contributed by atoms with Gasteiger partial charge in [-0.15, -0.1) is 6.58 Å². The van der Waals surface area contributed by atoms with Gasteiger partial charge in [-0.2, -0.15) is 0 Å². The van der Waals surface area contributed by atoms with Crippen molar-refractivity contribution < 1.29 is 4.74 Å². The van der Waals surface area contributed by atoms with Gasteiger partial charge >= 0.3 is 0 Å². The SMILES string of the molecule is C=CCNCc1ccc(CN2CCCCC2C)cc1OC. The van der Waals surface area contributed by atoms with Crippen LogP contribution in [0.4, 0.5) is 0 Å². The minimum Gasteiger partial charge on any atom is -0.496 e. The Hall–Kier alpha value is -1.32. The van der Waals surface area contributed by atoms with Gasteiger partial charge in [0.15, 0.2) is 0 Å². The van der Waals surface area contributed by atoms with Crippen LogP contribution in [0.5, 0.6) is 5.75 Å². The molecule has 1 aliphatic rings. The Labute approximate surface area is 129 Å². The van der Waals surface area contributed by atoms with E-state index in [-0.39, 0.29) is 0 Å². The molecule has 1 heterocycles. The summed E-state index contributed by atoms with van der Waals surface area (Å²) in [6.07, 6.45) is 5.89. The van der Waals surface area contributed by atoms with Crippen LogP contribution in [0.25, 0.3) is 0 Å². The van der Waals surface area contributed by atoms with Crippen molar-refractivity contribution in [3.63, 3.8) is 0 Å². The molecule has 0 radical (unpaired) electrons. The smallest absolute Gasteiger partial charge is 0.123 e. The Morgan fingerprint density at radius 2 is 2.29 bits per heavy atom. The molecule has 1 aromatic rings. The third-order valence-electron chi connectivity index (χ3n) is 4.28. The zero-order chi connectivity index (χ0) is 15.1. The second kappa shape index (κ2) is 8.20. The van der Waals surface area contributed by atoms with Gasteiger partial charge in [0.1, 0.15) is 5.75 Å². The van der Waals surface area contributed by atoms with Gasteiger partial charge in [0.25, 0.3) is 0 Å². The molecule has 1 saturated heterocycles. The molecular weight excluding hydrogens is 260 g/mol. The Morgan fingerprint density at radius 1 is 1.43 bits per heavy atom. The Bertz CT molecular complexity index is 459. The second-order valence-corrected chi connectivity index (χ2v) is 5.88. The van der Waals surface area contributed by atoms with E-state index in [2.05, 4.69) is 41.9 Å². The first-order chi connectivity index (χ1) is 10.2. The summed E-state index contributed by atoms with van der Waals surface area (Å²) < 4.78 is 5.55. The lowest BCUT2D eigenvalue weighted by Gasteiger charge is -2.33. The van der Waals surface area contributed by atoms with E-state index in [1.165, 1.54) is 36.9 Å². The summed E-state index contributed by atoms with van der Waals surface area (Å²) in [4.78, 5) is 2.58. The number of benzene rings is 1. The third kappa shape index (κ3) is 4.58. The van der Waals surface area contributed by atoms with Crippen molar-refractivity contribution in [1.82, 2.24) is 10.2 Å². The standard InChI is InChI=1S/C18H28N2O/c1-4-10-19-13-17-9-8-16(12-18(17)21-3)14-20-11-6-5-7-15(20)2/h4,8-9,12,15,19H,1,5-7,10-11,13-14H2,2-3H3. The van der Waals surface area contributed by atoms with Crippen molar-refractivity contribution >= 4 is 0 Å². The summed E-state index contributed by atoms with van der Waals surface area (Å²) in [7, 11) is 1.75. The van der Waals surface area contributed by atoms with E-state index in [1.54, 1.807) is 7.11 Å². The Balaban J connectivity index is 2.01. The quantitative estimate of drug-likeness (QED) is 0.615. The lowest BCUT2D eigenvalue weighted by molar-refractivity contribution is 0.152. The molecule has 0 saturated carbocycles. The average Bonchev–Trinajstić information content (AvgIpc) is 2.51. The predicted molar refractivity (Wildman–Crippen MR) is 88.6 cm³/mol. The molecule has 116 valence electrons. The highest BCUT2D eigenvalue weighted by atomic mass is 16.5. The van der Waals surface area contributed by atoms with E-state index in [9.17, 15) is 0 Å². The Kier molecular flexibility index (Phi) is 6.27. The lowest BCUT2D eigenvalue weighted by Crippen LogP contribution is -2.36. The van der Waals surface area contributed by atoms with Gasteiger partial charge in [0.05, 0.1) is 7.11 Å². The van der Waals surface area contributed by atoms with Crippen LogP contribution < -0.4 is 10.1 Å². The van der Waals surface area contributed by atoms with Gasteiger partial charge in [-0.25, -0.2) is 0 Å². The monoisotopic (exact) mass is 288 g/mol. The highest BCUT2D eigenvalue weighted by Crippen LogP contribution is 2.24. The minimum absolute atomic E-state index is 0.693. The predicted octanol–water partition coefficient (Wildman–Crippen LogP) is 3.35. The number of piperidine rings is 1. The second-order valence-electron chi connectivity index (χ2n) is 5.88. The first-order valence-corrected chi connectivity index (χ1v) is 7.96. The van der Waals surface area contributed by atoms with Crippen molar-refractivity contribution in [1.29, 1.82) is 0 Å². The Morgan fingerprint density at radius 3 is 3.00 bits per heavy atom. The molecule has 0 spiro atoms. The number of likely N-dealkylation sites (tertiary alicyclic amines) is 1. The molecule has 0 aliphatic carbocycles. The number of nitrogens with one attached hydrogen (secondary N) is 1. The number of hydrogen-bond acceptors (Lipinski definition) is 3. The van der Waals surface area contributed by atoms with Crippen molar-refractivity contribution in [2.45, 2.75) is 45.3 Å². The summed E-state index contributed by atoms with van der Waals surface area (Å²) in [5, 5.41) is 3.33. The van der Waals surface area contributed by atoms with Crippen LogP contribution in [0.15, 0.2) is 30.9 Å². The molecule has 21 heavy (non-hydrogen) atoms. The van der Waals surface area contributed by atoms with E-state index < -0.39 is 0 Å². The van der Waals surface area contributed by atoms with Crippen LogP contribution in [0.1, 0.15) is 37.3 Å².